The minimum Gasteiger partial charge on any atom is -0.247 e. The lowest BCUT2D eigenvalue weighted by Crippen LogP contribution is -2.06. The van der Waals surface area contributed by atoms with Gasteiger partial charge in [-0.15, -0.1) is 5.10 Å². The summed E-state index contributed by atoms with van der Waals surface area (Å²) >= 11 is 0. The molecule has 0 aromatic carbocycles. The van der Waals surface area contributed by atoms with Gasteiger partial charge in [0.05, 0.1) is 12.4 Å². The van der Waals surface area contributed by atoms with E-state index in [1.54, 1.807) is 17.2 Å². The molecule has 0 fully saturated rings. The van der Waals surface area contributed by atoms with Crippen LogP contribution < -0.4 is 0 Å². The fourth-order valence-corrected chi connectivity index (χ4v) is 0.787. The standard InChI is InChI=1S/C6H6N4/c1-2-5-9(4-1)10-6-3-7-8-10/h1-6H. The fraction of sp³-hybridized carbons (Fsp3) is 0. The summed E-state index contributed by atoms with van der Waals surface area (Å²) in [4.78, 5) is 1.64. The molecule has 4 heteroatoms. The van der Waals surface area contributed by atoms with Gasteiger partial charge in [-0.1, -0.05) is 0 Å². The van der Waals surface area contributed by atoms with E-state index in [0.717, 1.165) is 0 Å². The maximum absolute atomic E-state index is 3.79. The number of aromatic nitrogens is 4. The first-order valence-corrected chi connectivity index (χ1v) is 2.97. The Kier molecular flexibility index (Phi) is 1.04. The van der Waals surface area contributed by atoms with Gasteiger partial charge >= 0.3 is 0 Å². The Balaban J connectivity index is 2.48. The van der Waals surface area contributed by atoms with E-state index in [-0.39, 0.29) is 0 Å². The van der Waals surface area contributed by atoms with Crippen LogP contribution in [0.5, 0.6) is 0 Å². The van der Waals surface area contributed by atoms with Crippen LogP contribution in [-0.4, -0.2) is 19.8 Å². The summed E-state index contributed by atoms with van der Waals surface area (Å²) in [5.41, 5.74) is 0. The average molecular weight is 134 g/mol. The van der Waals surface area contributed by atoms with Crippen LogP contribution >= 0.6 is 0 Å². The Morgan fingerprint density at radius 1 is 1.00 bits per heavy atom. The van der Waals surface area contributed by atoms with Crippen molar-refractivity contribution in [3.8, 4) is 0 Å². The number of rotatable bonds is 1. The van der Waals surface area contributed by atoms with Gasteiger partial charge in [-0.25, -0.2) is 4.68 Å². The maximum Gasteiger partial charge on any atom is 0.0715 e. The molecule has 0 aliphatic carbocycles. The fourth-order valence-electron chi connectivity index (χ4n) is 0.787. The molecule has 0 saturated carbocycles. The van der Waals surface area contributed by atoms with E-state index in [0.29, 0.717) is 0 Å². The molecule has 2 aromatic heterocycles. The van der Waals surface area contributed by atoms with Gasteiger partial charge in [-0.2, -0.15) is 4.79 Å². The van der Waals surface area contributed by atoms with E-state index in [9.17, 15) is 0 Å². The molecule has 0 aliphatic heterocycles. The Labute approximate surface area is 57.7 Å². The highest BCUT2D eigenvalue weighted by Gasteiger charge is 1.88. The molecule has 0 radical (unpaired) electrons. The van der Waals surface area contributed by atoms with Crippen LogP contribution in [-0.2, 0) is 0 Å². The zero-order valence-electron chi connectivity index (χ0n) is 5.25. The van der Waals surface area contributed by atoms with Gasteiger partial charge < -0.3 is 0 Å². The van der Waals surface area contributed by atoms with Crippen LogP contribution in [0.3, 0.4) is 0 Å². The van der Waals surface area contributed by atoms with Gasteiger partial charge in [-0.05, 0) is 17.3 Å². The lowest BCUT2D eigenvalue weighted by molar-refractivity contribution is 0.553. The summed E-state index contributed by atoms with van der Waals surface area (Å²) in [5.74, 6) is 0. The molecule has 0 spiro atoms. The van der Waals surface area contributed by atoms with Crippen LogP contribution in [0.1, 0.15) is 0 Å². The maximum atomic E-state index is 3.79. The van der Waals surface area contributed by atoms with Gasteiger partial charge in [0, 0.05) is 12.4 Å². The highest BCUT2D eigenvalue weighted by atomic mass is 15.6. The molecule has 0 unspecified atom stereocenters. The van der Waals surface area contributed by atoms with Gasteiger partial charge in [0.25, 0.3) is 0 Å². The number of hydrogen-bond acceptors (Lipinski definition) is 2. The third-order valence-corrected chi connectivity index (χ3v) is 1.24. The molecule has 0 atom stereocenters. The highest BCUT2D eigenvalue weighted by molar-refractivity contribution is 4.90. The molecule has 2 rings (SSSR count). The molecule has 2 heterocycles. The zero-order chi connectivity index (χ0) is 6.81. The first kappa shape index (κ1) is 5.22. The third-order valence-electron chi connectivity index (χ3n) is 1.24. The van der Waals surface area contributed by atoms with Crippen LogP contribution in [0.15, 0.2) is 36.9 Å². The lowest BCUT2D eigenvalue weighted by atomic mass is 10.7. The van der Waals surface area contributed by atoms with Crippen molar-refractivity contribution >= 4 is 0 Å². The van der Waals surface area contributed by atoms with Crippen LogP contribution in [0.25, 0.3) is 0 Å². The number of hydrogen-bond donors (Lipinski definition) is 0. The first-order chi connectivity index (χ1) is 4.97. The molecule has 0 N–H and O–H groups in total. The summed E-state index contributed by atoms with van der Waals surface area (Å²) in [5, 5.41) is 7.46. The van der Waals surface area contributed by atoms with Crippen molar-refractivity contribution in [3.63, 3.8) is 0 Å². The topological polar surface area (TPSA) is 35.6 Å². The van der Waals surface area contributed by atoms with Gasteiger partial charge in [0.15, 0.2) is 0 Å². The average Bonchev–Trinajstić information content (AvgIpc) is 2.59. The monoisotopic (exact) mass is 134 g/mol. The van der Waals surface area contributed by atoms with E-state index >= 15 is 0 Å². The zero-order valence-corrected chi connectivity index (χ0v) is 5.25. The van der Waals surface area contributed by atoms with E-state index < -0.39 is 0 Å². The Hall–Kier alpha value is -1.58. The molecule has 4 nitrogen and oxygen atoms in total. The Morgan fingerprint density at radius 3 is 2.40 bits per heavy atom. The van der Waals surface area contributed by atoms with Gasteiger partial charge in [0.1, 0.15) is 0 Å². The summed E-state index contributed by atoms with van der Waals surface area (Å²) in [6.07, 6.45) is 7.21. The highest BCUT2D eigenvalue weighted by Crippen LogP contribution is 1.88. The Morgan fingerprint density at radius 2 is 1.80 bits per heavy atom. The van der Waals surface area contributed by atoms with Gasteiger partial charge in [0.2, 0.25) is 0 Å². The number of nitrogens with zero attached hydrogens (tertiary/aromatic N) is 4. The molecule has 10 heavy (non-hydrogen) atoms. The predicted molar refractivity (Wildman–Crippen MR) is 35.3 cm³/mol. The molecule has 0 bridgehead atoms. The molecule has 0 aliphatic rings. The second-order valence-corrected chi connectivity index (χ2v) is 1.89. The minimum absolute atomic E-state index is 1.64. The molecule has 50 valence electrons. The first-order valence-electron chi connectivity index (χ1n) is 2.97. The van der Waals surface area contributed by atoms with E-state index in [1.807, 2.05) is 29.2 Å². The van der Waals surface area contributed by atoms with Crippen molar-refractivity contribution in [1.29, 1.82) is 0 Å². The molecular weight excluding hydrogens is 128 g/mol. The lowest BCUT2D eigenvalue weighted by Gasteiger charge is -1.97. The van der Waals surface area contributed by atoms with E-state index in [4.69, 9.17) is 0 Å². The van der Waals surface area contributed by atoms with E-state index in [1.165, 1.54) is 0 Å². The van der Waals surface area contributed by atoms with Crippen LogP contribution in [0.4, 0.5) is 0 Å². The normalized spacial score (nSPS) is 10.0. The van der Waals surface area contributed by atoms with Crippen LogP contribution in [0, 0.1) is 0 Å². The van der Waals surface area contributed by atoms with Crippen molar-refractivity contribution in [2.24, 2.45) is 0 Å². The predicted octanol–water partition coefficient (Wildman–Crippen LogP) is 0.391. The molecule has 2 aromatic rings. The van der Waals surface area contributed by atoms with Crippen molar-refractivity contribution in [1.82, 2.24) is 19.8 Å². The van der Waals surface area contributed by atoms with Crippen molar-refractivity contribution in [3.05, 3.63) is 36.9 Å². The Bertz CT molecular complexity index is 249. The quantitative estimate of drug-likeness (QED) is 0.565. The third kappa shape index (κ3) is 0.699. The van der Waals surface area contributed by atoms with Gasteiger partial charge in [-0.3, -0.25) is 0 Å². The van der Waals surface area contributed by atoms with Crippen molar-refractivity contribution in [2.75, 3.05) is 0 Å². The van der Waals surface area contributed by atoms with E-state index in [2.05, 4.69) is 10.3 Å². The second-order valence-electron chi connectivity index (χ2n) is 1.89. The van der Waals surface area contributed by atoms with Crippen molar-refractivity contribution in [2.45, 2.75) is 0 Å². The largest absolute Gasteiger partial charge is 0.247 e. The summed E-state index contributed by atoms with van der Waals surface area (Å²) < 4.78 is 1.83. The minimum atomic E-state index is 1.64. The smallest absolute Gasteiger partial charge is 0.0715 e. The van der Waals surface area contributed by atoms with Crippen molar-refractivity contribution < 1.29 is 0 Å². The molecule has 0 saturated heterocycles. The summed E-state index contributed by atoms with van der Waals surface area (Å²) in [7, 11) is 0. The molecule has 0 amide bonds. The molecular formula is C6H6N4. The second kappa shape index (κ2) is 1.98. The van der Waals surface area contributed by atoms with Crippen LogP contribution in [0.2, 0.25) is 0 Å². The summed E-state index contributed by atoms with van der Waals surface area (Å²) in [6.45, 7) is 0. The summed E-state index contributed by atoms with van der Waals surface area (Å²) in [6, 6.07) is 3.86. The SMILES string of the molecule is c1ccn(-n2ccnn2)c1.